The molecule has 2 aromatic heterocycles. The molecule has 3 aliphatic heterocycles. The second kappa shape index (κ2) is 21.5. The van der Waals surface area contributed by atoms with Gasteiger partial charge in [-0.05, 0) is 126 Å². The predicted molar refractivity (Wildman–Crippen MR) is 277 cm³/mol. The number of nitrogens with one attached hydrogen (secondary N) is 2. The molecule has 2 N–H and O–H groups in total. The van der Waals surface area contributed by atoms with Crippen LogP contribution in [0.3, 0.4) is 0 Å². The Hall–Kier alpha value is -5.37. The first-order valence-electron chi connectivity index (χ1n) is 25.1. The van der Waals surface area contributed by atoms with Crippen molar-refractivity contribution in [3.8, 4) is 34.2 Å². The van der Waals surface area contributed by atoms with Crippen LogP contribution in [0.15, 0.2) is 60.8 Å². The van der Waals surface area contributed by atoms with E-state index in [2.05, 4.69) is 84.3 Å². The average Bonchev–Trinajstić information content (AvgIpc) is 3.93. The molecule has 70 heavy (non-hydrogen) atoms. The minimum Gasteiger partial charge on any atom is -0.464 e. The van der Waals surface area contributed by atoms with Crippen molar-refractivity contribution < 1.29 is 33.4 Å². The number of rotatable bonds is 11. The maximum absolute atomic E-state index is 14.9. The Bertz CT molecular complexity index is 2650. The van der Waals surface area contributed by atoms with Crippen molar-refractivity contribution in [2.45, 2.75) is 123 Å². The molecule has 5 heterocycles. The number of carbonyl (C=O) groups excluding carboxylic acids is 4. The predicted octanol–water partition coefficient (Wildman–Crippen LogP) is 5.67. The number of hydrogen-bond acceptors (Lipinski definition) is 10. The smallest absolute Gasteiger partial charge is 0.323 e. The molecular formula is C55H75N7O7Si. The first-order valence-corrected chi connectivity index (χ1v) is 26.1. The molecule has 0 radical (unpaired) electrons. The van der Waals surface area contributed by atoms with Crippen LogP contribution < -0.4 is 10.7 Å². The Balaban J connectivity index is 1.22. The van der Waals surface area contributed by atoms with E-state index in [4.69, 9.17) is 19.2 Å². The van der Waals surface area contributed by atoms with Crippen LogP contribution in [0.4, 0.5) is 0 Å². The summed E-state index contributed by atoms with van der Waals surface area (Å²) in [6, 6.07) is 17.9. The molecule has 0 saturated carbocycles. The van der Waals surface area contributed by atoms with Crippen molar-refractivity contribution in [1.82, 2.24) is 35.1 Å². The van der Waals surface area contributed by atoms with Gasteiger partial charge in [-0.15, -0.1) is 0 Å². The van der Waals surface area contributed by atoms with Crippen LogP contribution in [0.2, 0.25) is 0 Å². The molecule has 0 unspecified atom stereocenters. The lowest BCUT2D eigenvalue weighted by atomic mass is 9.84. The topological polar surface area (TPSA) is 148 Å². The van der Waals surface area contributed by atoms with Gasteiger partial charge in [-0.2, -0.15) is 0 Å². The molecular weight excluding hydrogens is 899 g/mol. The molecule has 0 aliphatic carbocycles. The van der Waals surface area contributed by atoms with E-state index in [1.165, 1.54) is 5.01 Å². The summed E-state index contributed by atoms with van der Waals surface area (Å²) in [5.74, 6) is 3.96. The second-order valence-corrected chi connectivity index (χ2v) is 23.3. The van der Waals surface area contributed by atoms with Crippen LogP contribution in [-0.2, 0) is 52.8 Å². The number of aromatic nitrogens is 2. The van der Waals surface area contributed by atoms with Gasteiger partial charge in [-0.1, -0.05) is 63.9 Å². The fourth-order valence-electron chi connectivity index (χ4n) is 9.77. The minimum atomic E-state index is -1.05. The highest BCUT2D eigenvalue weighted by molar-refractivity contribution is 6.27. The van der Waals surface area contributed by atoms with Crippen LogP contribution in [0.5, 0.6) is 0 Å². The zero-order valence-electron chi connectivity index (χ0n) is 43.5. The highest BCUT2D eigenvalue weighted by Gasteiger charge is 2.43. The largest absolute Gasteiger partial charge is 0.464 e. The number of ether oxygens (including phenoxy) is 3. The van der Waals surface area contributed by atoms with E-state index in [9.17, 15) is 19.2 Å². The van der Waals surface area contributed by atoms with E-state index in [1.54, 1.807) is 12.0 Å². The third kappa shape index (κ3) is 11.5. The van der Waals surface area contributed by atoms with Crippen molar-refractivity contribution in [2.75, 3.05) is 54.1 Å². The van der Waals surface area contributed by atoms with Gasteiger partial charge in [0.1, 0.15) is 11.2 Å². The van der Waals surface area contributed by atoms with Crippen molar-refractivity contribution in [2.24, 2.45) is 17.3 Å². The summed E-state index contributed by atoms with van der Waals surface area (Å²) in [5.41, 5.74) is 10.4. The van der Waals surface area contributed by atoms with Crippen LogP contribution in [0, 0.1) is 29.1 Å². The van der Waals surface area contributed by atoms with Crippen LogP contribution >= 0.6 is 0 Å². The Morgan fingerprint density at radius 1 is 1.07 bits per heavy atom. The third-order valence-corrected chi connectivity index (χ3v) is 15.8. The van der Waals surface area contributed by atoms with Gasteiger partial charge < -0.3 is 29.0 Å². The number of cyclic esters (lactones) is 1. The molecule has 7 rings (SSSR count). The molecule has 2 fully saturated rings. The number of esters is 1. The number of hydrazine groups is 1. The van der Waals surface area contributed by atoms with Gasteiger partial charge in [-0.3, -0.25) is 34.1 Å². The maximum Gasteiger partial charge on any atom is 0.323 e. The van der Waals surface area contributed by atoms with Gasteiger partial charge in [0.25, 0.3) is 11.8 Å². The third-order valence-electron chi connectivity index (χ3n) is 14.7. The molecule has 3 amide bonds. The number of benzene rings is 2. The van der Waals surface area contributed by atoms with Crippen LogP contribution in [-0.4, -0.2) is 135 Å². The number of carbonyl (C=O) groups is 4. The number of hydrogen-bond donors (Lipinski definition) is 2. The fraction of sp³-hybridized carbons (Fsp3) is 0.545. The van der Waals surface area contributed by atoms with Crippen molar-refractivity contribution >= 4 is 44.8 Å². The number of amides is 3. The number of fused-ring (bicyclic) bond motifs is 6. The molecule has 376 valence electrons. The first-order chi connectivity index (χ1) is 33.1. The Morgan fingerprint density at radius 3 is 2.54 bits per heavy atom. The Kier molecular flexibility index (Phi) is 16.1. The van der Waals surface area contributed by atoms with E-state index < -0.39 is 28.1 Å². The summed E-state index contributed by atoms with van der Waals surface area (Å²) in [6.45, 7) is 18.6. The lowest BCUT2D eigenvalue weighted by Gasteiger charge is -2.41. The SMILES string of the molecule is CCn1c(-c2cccnc2[C@H](C)OC)c2c3cc(ccc31)-c1cccc(c1)C[C@H](NC(=O)[C@@H](CO[C@H]1CCN(C(=O)C#CC(C)(C)N(C)C)C1)C(C)C)C(=O)N1CCC[C@@]([SiH3])(N1)C(=O)OCC(C)(C)C2. The molecule has 2 saturated heterocycles. The molecule has 5 atom stereocenters. The van der Waals surface area contributed by atoms with Gasteiger partial charge in [-0.25, -0.2) is 5.43 Å². The number of likely N-dealkylation sites (tertiary alicyclic amines) is 1. The van der Waals surface area contributed by atoms with Gasteiger partial charge in [0.05, 0.1) is 48.3 Å². The number of aryl methyl sites for hydroxylation is 1. The standard InChI is InChI=1S/C55H75N7O7Si/c1-12-61-46-20-19-39-30-42(46)43(49(61)41-18-14-25-56-48(41)36(4)67-11)31-53(5,6)34-69-52(66)55(70)23-15-26-62(58-55)51(65)45(29-37-16-13-17-38(39)28-37)57-50(64)44(35(2)3)33-68-40-22-27-60(32-40)47(63)21-24-54(7,8)59(9)10/h13-14,16-20,25,28,30,35-36,40,44-45,58H,12,15,22-23,26-27,29,31-34H2,1-11,70H3,(H,57,64)/t36-,40-,44-,45-,55-/m0/s1. The number of pyridine rings is 1. The monoisotopic (exact) mass is 974 g/mol. The van der Waals surface area contributed by atoms with Crippen molar-refractivity contribution in [1.29, 1.82) is 0 Å². The lowest BCUT2D eigenvalue weighted by Crippen LogP contribution is -2.67. The van der Waals surface area contributed by atoms with Crippen LogP contribution in [0.25, 0.3) is 33.3 Å². The van der Waals surface area contributed by atoms with Gasteiger partial charge in [0, 0.05) is 78.0 Å². The number of nitrogens with zero attached hydrogens (tertiary/aromatic N) is 5. The molecule has 4 aromatic rings. The van der Waals surface area contributed by atoms with E-state index in [0.29, 0.717) is 62.1 Å². The molecule has 0 spiro atoms. The van der Waals surface area contributed by atoms with E-state index >= 15 is 0 Å². The lowest BCUT2D eigenvalue weighted by molar-refractivity contribution is -0.158. The maximum atomic E-state index is 14.9. The summed E-state index contributed by atoms with van der Waals surface area (Å²) in [4.78, 5) is 65.2. The van der Waals surface area contributed by atoms with E-state index in [-0.39, 0.29) is 61.5 Å². The minimum absolute atomic E-state index is 0.117. The highest BCUT2D eigenvalue weighted by Crippen LogP contribution is 2.42. The Labute approximate surface area is 417 Å². The van der Waals surface area contributed by atoms with Gasteiger partial charge >= 0.3 is 5.97 Å². The normalized spacial score (nSPS) is 21.8. The van der Waals surface area contributed by atoms with Gasteiger partial charge in [0.2, 0.25) is 5.91 Å². The van der Waals surface area contributed by atoms with Crippen molar-refractivity contribution in [3.05, 3.63) is 77.6 Å². The molecule has 6 bridgehead atoms. The zero-order chi connectivity index (χ0) is 50.7. The summed E-state index contributed by atoms with van der Waals surface area (Å²) >= 11 is 0. The summed E-state index contributed by atoms with van der Waals surface area (Å²) < 4.78 is 20.9. The molecule has 15 heteroatoms. The summed E-state index contributed by atoms with van der Waals surface area (Å²) in [7, 11) is 5.94. The van der Waals surface area contributed by atoms with Crippen molar-refractivity contribution in [3.63, 3.8) is 0 Å². The molecule has 3 aliphatic rings. The highest BCUT2D eigenvalue weighted by atomic mass is 28.1. The zero-order valence-corrected chi connectivity index (χ0v) is 45.5. The second-order valence-electron chi connectivity index (χ2n) is 21.6. The van der Waals surface area contributed by atoms with E-state index in [1.807, 2.05) is 78.0 Å². The average molecular weight is 974 g/mol. The van der Waals surface area contributed by atoms with Gasteiger partial charge in [0.15, 0.2) is 0 Å². The molecule has 14 nitrogen and oxygen atoms in total. The molecule has 2 aromatic carbocycles. The first kappa shape index (κ1) is 52.5. The van der Waals surface area contributed by atoms with Crippen LogP contribution in [0.1, 0.15) is 97.6 Å². The fourth-order valence-corrected chi connectivity index (χ4v) is 10.5. The van der Waals surface area contributed by atoms with E-state index in [0.717, 1.165) is 50.1 Å². The number of methoxy groups -OCH3 is 1. The quantitative estimate of drug-likeness (QED) is 0.110. The Morgan fingerprint density at radius 2 is 1.83 bits per heavy atom. The summed E-state index contributed by atoms with van der Waals surface area (Å²) in [6.07, 6.45) is 3.89. The summed E-state index contributed by atoms with van der Waals surface area (Å²) in [5, 5.41) is 4.74.